The van der Waals surface area contributed by atoms with E-state index in [9.17, 15) is 0 Å². The maximum atomic E-state index is 6.42. The molecule has 0 aromatic heterocycles. The summed E-state index contributed by atoms with van der Waals surface area (Å²) in [6.45, 7) is 21.6. The Hall–Kier alpha value is 1.46. The number of hydrogen-bond donors (Lipinski definition) is 0. The van der Waals surface area contributed by atoms with Gasteiger partial charge in [0.25, 0.3) is 37.9 Å². The molecule has 0 saturated carbocycles. The van der Waals surface area contributed by atoms with Crippen molar-refractivity contribution in [3.63, 3.8) is 0 Å². The van der Waals surface area contributed by atoms with Gasteiger partial charge in [-0.1, -0.05) is 0 Å². The Morgan fingerprint density at radius 2 is 1.41 bits per heavy atom. The quantitative estimate of drug-likeness (QED) is 0.428. The molecule has 0 bridgehead atoms. The summed E-state index contributed by atoms with van der Waals surface area (Å²) in [4.78, 5) is 0. The van der Waals surface area contributed by atoms with E-state index < -0.39 is 72.3 Å². The zero-order valence-corrected chi connectivity index (χ0v) is 27.8. The Morgan fingerprint density at radius 1 is 0.889 bits per heavy atom. The van der Waals surface area contributed by atoms with Gasteiger partial charge in [-0.05, 0) is 77.6 Å². The van der Waals surface area contributed by atoms with E-state index in [4.69, 9.17) is 28.8 Å². The Balaban J connectivity index is 2.69. The molecule has 1 saturated heterocycles. The molecule has 1 heterocycles. The Kier molecular flexibility index (Phi) is 11.0. The Bertz CT molecular complexity index is 432. The molecule has 0 spiro atoms. The molecule has 15 heteroatoms. The van der Waals surface area contributed by atoms with Crippen LogP contribution in [0.3, 0.4) is 0 Å². The molecule has 0 radical (unpaired) electrons. The van der Waals surface area contributed by atoms with Crippen LogP contribution in [0.1, 0.15) is 0 Å². The van der Waals surface area contributed by atoms with E-state index >= 15 is 0 Å². The molecule has 0 amide bonds. The van der Waals surface area contributed by atoms with Crippen LogP contribution in [0, 0.1) is 0 Å². The van der Waals surface area contributed by atoms with E-state index in [0.717, 1.165) is 12.1 Å². The van der Waals surface area contributed by atoms with Crippen molar-refractivity contribution in [2.24, 2.45) is 0 Å². The molecule has 1 aliphatic heterocycles. The van der Waals surface area contributed by atoms with Crippen LogP contribution < -0.4 is 0 Å². The van der Waals surface area contributed by atoms with Crippen LogP contribution in [-0.2, 0) is 28.8 Å². The van der Waals surface area contributed by atoms with Crippen molar-refractivity contribution in [1.29, 1.82) is 0 Å². The Labute approximate surface area is 178 Å². The summed E-state index contributed by atoms with van der Waals surface area (Å²) < 4.78 is 43.5. The van der Waals surface area contributed by atoms with Gasteiger partial charge in [-0.15, -0.1) is 0 Å². The van der Waals surface area contributed by atoms with Gasteiger partial charge in [-0.3, -0.25) is 0 Å². The van der Waals surface area contributed by atoms with Crippen LogP contribution in [0.4, 0.5) is 0 Å². The highest BCUT2D eigenvalue weighted by Gasteiger charge is 2.40. The highest BCUT2D eigenvalue weighted by molar-refractivity contribution is 6.82. The average Bonchev–Trinajstić information content (AvgIpc) is 2.39. The van der Waals surface area contributed by atoms with Gasteiger partial charge in [0.1, 0.15) is 0 Å². The first-order chi connectivity index (χ1) is 12.2. The molecule has 1 fully saturated rings. The topological polar surface area (TPSA) is 64.6 Å². The summed E-state index contributed by atoms with van der Waals surface area (Å²) >= 11 is 0. The van der Waals surface area contributed by atoms with Crippen LogP contribution in [0.25, 0.3) is 0 Å². The minimum atomic E-state index is -2.32. The number of hydrogen-bond acceptors (Lipinski definition) is 7. The van der Waals surface area contributed by atoms with Crippen molar-refractivity contribution >= 4 is 72.3 Å². The van der Waals surface area contributed by atoms with Crippen LogP contribution in [0.2, 0.25) is 77.6 Å². The van der Waals surface area contributed by atoms with Gasteiger partial charge in [0, 0.05) is 0 Å². The molecule has 3 atom stereocenters. The van der Waals surface area contributed by atoms with Crippen molar-refractivity contribution in [3.05, 3.63) is 0 Å². The lowest BCUT2D eigenvalue weighted by atomic mass is 10.9. The summed E-state index contributed by atoms with van der Waals surface area (Å²) in [7, 11) is -13.3. The summed E-state index contributed by atoms with van der Waals surface area (Å²) in [6.07, 6.45) is 0. The van der Waals surface area contributed by atoms with Crippen molar-refractivity contribution < 1.29 is 28.8 Å². The highest BCUT2D eigenvalue weighted by Crippen LogP contribution is 2.24. The molecule has 27 heavy (non-hydrogen) atoms. The second-order valence-electron chi connectivity index (χ2n) is 9.08. The van der Waals surface area contributed by atoms with E-state index in [1.807, 2.05) is 0 Å². The molecule has 0 aliphatic carbocycles. The van der Waals surface area contributed by atoms with E-state index in [1.165, 1.54) is 0 Å². The highest BCUT2D eigenvalue weighted by atomic mass is 28.5. The van der Waals surface area contributed by atoms with Gasteiger partial charge >= 0.3 is 17.8 Å². The lowest BCUT2D eigenvalue weighted by Crippen LogP contribution is -2.53. The monoisotopic (exact) mass is 520 g/mol. The molecule has 162 valence electrons. The standard InChI is InChI=1S/C12H40O7Si8/c1-21-15-22(2)17-27(10,18-23(3)16-21)12-11-24(19-26(7,8)9)13-20-14-25(4,5)6/h21-24H,11-12,20H2,1-10H3. The van der Waals surface area contributed by atoms with Crippen molar-refractivity contribution in [1.82, 2.24) is 0 Å². The molecule has 0 N–H and O–H groups in total. The molecular weight excluding hydrogens is 481 g/mol. The van der Waals surface area contributed by atoms with Gasteiger partial charge in [0.05, 0.1) is 0 Å². The minimum absolute atomic E-state index is 0.882. The summed E-state index contributed by atoms with van der Waals surface area (Å²) in [5.41, 5.74) is 0. The molecule has 3 unspecified atom stereocenters. The van der Waals surface area contributed by atoms with Gasteiger partial charge in [-0.25, -0.2) is 0 Å². The fourth-order valence-corrected chi connectivity index (χ4v) is 27.7. The first-order valence-electron chi connectivity index (χ1n) is 9.77. The first kappa shape index (κ1) is 26.5. The van der Waals surface area contributed by atoms with Crippen LogP contribution >= 0.6 is 0 Å². The summed E-state index contributed by atoms with van der Waals surface area (Å²) in [6, 6.07) is 1.79. The second-order valence-corrected chi connectivity index (χ2v) is 32.9. The van der Waals surface area contributed by atoms with Gasteiger partial charge in [0.15, 0.2) is 16.6 Å². The zero-order chi connectivity index (χ0) is 20.9. The maximum Gasteiger partial charge on any atom is 0.316 e. The molecule has 7 nitrogen and oxygen atoms in total. The maximum absolute atomic E-state index is 6.42. The van der Waals surface area contributed by atoms with E-state index in [1.54, 1.807) is 0 Å². The number of rotatable bonds is 9. The SMILES string of the molecule is C[SiH]1O[SiH](C)O[Si](C)(CC[SiH](O[SiH2]O[Si](C)(C)C)O[Si](C)(C)C)O[SiH](C)O1. The van der Waals surface area contributed by atoms with Crippen molar-refractivity contribution in [2.45, 2.75) is 77.6 Å². The van der Waals surface area contributed by atoms with Gasteiger partial charge in [-0.2, -0.15) is 0 Å². The normalized spacial score (nSPS) is 32.4. The first-order valence-corrected chi connectivity index (χ1v) is 28.3. The average molecular weight is 521 g/mol. The zero-order valence-electron chi connectivity index (χ0n) is 18.8. The van der Waals surface area contributed by atoms with Gasteiger partial charge in [0.2, 0.25) is 0 Å². The smallest absolute Gasteiger partial charge is 0.316 e. The van der Waals surface area contributed by atoms with E-state index in [2.05, 4.69) is 65.5 Å². The van der Waals surface area contributed by atoms with Crippen molar-refractivity contribution in [3.8, 4) is 0 Å². The molecular formula is C12H40O7Si8. The van der Waals surface area contributed by atoms with E-state index in [0.29, 0.717) is 0 Å². The predicted octanol–water partition coefficient (Wildman–Crippen LogP) is 1.63. The molecule has 0 aromatic carbocycles. The fourth-order valence-electron chi connectivity index (χ4n) is 2.71. The third-order valence-corrected chi connectivity index (χ3v) is 28.8. The lowest BCUT2D eigenvalue weighted by Gasteiger charge is -2.37. The molecule has 1 rings (SSSR count). The molecule has 0 aromatic rings. The van der Waals surface area contributed by atoms with Crippen LogP contribution in [-0.4, -0.2) is 72.3 Å². The second kappa shape index (κ2) is 11.2. The van der Waals surface area contributed by atoms with Crippen molar-refractivity contribution in [2.75, 3.05) is 0 Å². The molecule has 1 aliphatic rings. The van der Waals surface area contributed by atoms with Crippen LogP contribution in [0.5, 0.6) is 0 Å². The van der Waals surface area contributed by atoms with Gasteiger partial charge < -0.3 is 28.8 Å². The third kappa shape index (κ3) is 12.7. The summed E-state index contributed by atoms with van der Waals surface area (Å²) in [5, 5.41) is 0. The third-order valence-electron chi connectivity index (χ3n) is 3.66. The summed E-state index contributed by atoms with van der Waals surface area (Å²) in [5.74, 6) is 0. The van der Waals surface area contributed by atoms with Crippen LogP contribution in [0.15, 0.2) is 0 Å². The lowest BCUT2D eigenvalue weighted by molar-refractivity contribution is 0.274. The largest absolute Gasteiger partial charge is 0.441 e. The fraction of sp³-hybridized carbons (Fsp3) is 1.00. The minimum Gasteiger partial charge on any atom is -0.441 e. The predicted molar refractivity (Wildman–Crippen MR) is 130 cm³/mol. The Morgan fingerprint density at radius 3 is 1.85 bits per heavy atom. The van der Waals surface area contributed by atoms with E-state index in [-0.39, 0.29) is 0 Å².